The molecule has 82 valence electrons. The molecule has 1 aromatic rings. The minimum Gasteiger partial charge on any atom is -0.504 e. The first-order chi connectivity index (χ1) is 6.73. The fourth-order valence-electron chi connectivity index (χ4n) is 1.10. The summed E-state index contributed by atoms with van der Waals surface area (Å²) >= 11 is 0. The Morgan fingerprint density at radius 2 is 1.67 bits per heavy atom. The number of rotatable bonds is 1. The summed E-state index contributed by atoms with van der Waals surface area (Å²) in [5.41, 5.74) is -1.93. The molecule has 0 aliphatic heterocycles. The minimum absolute atomic E-state index is 0.325. The monoisotopic (exact) mass is 220 g/mol. The molecule has 0 unspecified atom stereocenters. The second-order valence-electron chi connectivity index (χ2n) is 2.94. The van der Waals surface area contributed by atoms with Crippen LogP contribution >= 0.6 is 0 Å². The van der Waals surface area contributed by atoms with Crippen LogP contribution in [-0.4, -0.2) is 16.0 Å². The molecule has 3 nitrogen and oxygen atoms in total. The van der Waals surface area contributed by atoms with E-state index in [9.17, 15) is 18.0 Å². The first kappa shape index (κ1) is 11.4. The molecule has 6 heteroatoms. The zero-order chi connectivity index (χ0) is 11.8. The van der Waals surface area contributed by atoms with E-state index in [4.69, 9.17) is 10.2 Å². The van der Waals surface area contributed by atoms with Gasteiger partial charge < -0.3 is 10.2 Å². The molecular formula is C9H7F3O3. The Morgan fingerprint density at radius 3 is 2.07 bits per heavy atom. The molecule has 0 amide bonds. The highest BCUT2D eigenvalue weighted by atomic mass is 19.4. The number of Topliss-reactive ketones (excluding diaryl/α,β-unsaturated/α-hetero) is 1. The Bertz CT molecular complexity index is 410. The van der Waals surface area contributed by atoms with Gasteiger partial charge in [-0.1, -0.05) is 0 Å². The van der Waals surface area contributed by atoms with Crippen molar-refractivity contribution in [3.05, 3.63) is 23.3 Å². The van der Waals surface area contributed by atoms with Crippen molar-refractivity contribution in [3.8, 4) is 11.5 Å². The molecule has 0 heterocycles. The van der Waals surface area contributed by atoms with Gasteiger partial charge in [-0.15, -0.1) is 0 Å². The van der Waals surface area contributed by atoms with Gasteiger partial charge in [-0.2, -0.15) is 13.2 Å². The average molecular weight is 220 g/mol. The third kappa shape index (κ3) is 2.20. The average Bonchev–Trinajstić information content (AvgIpc) is 2.06. The van der Waals surface area contributed by atoms with Crippen molar-refractivity contribution in [3.63, 3.8) is 0 Å². The SMILES string of the molecule is CC(=O)c1cc(O)c(O)cc1C(F)(F)F. The molecule has 0 spiro atoms. The summed E-state index contributed by atoms with van der Waals surface area (Å²) in [6, 6.07) is 0.923. The molecule has 0 fully saturated rings. The van der Waals surface area contributed by atoms with Crippen molar-refractivity contribution < 1.29 is 28.2 Å². The molecule has 15 heavy (non-hydrogen) atoms. The zero-order valence-corrected chi connectivity index (χ0v) is 7.59. The van der Waals surface area contributed by atoms with Crippen molar-refractivity contribution in [1.82, 2.24) is 0 Å². The summed E-state index contributed by atoms with van der Waals surface area (Å²) in [4.78, 5) is 10.9. The largest absolute Gasteiger partial charge is 0.504 e. The van der Waals surface area contributed by atoms with E-state index < -0.39 is 34.6 Å². The van der Waals surface area contributed by atoms with Gasteiger partial charge in [-0.05, 0) is 19.1 Å². The van der Waals surface area contributed by atoms with Gasteiger partial charge in [0.05, 0.1) is 5.56 Å². The highest BCUT2D eigenvalue weighted by Gasteiger charge is 2.35. The van der Waals surface area contributed by atoms with Crippen molar-refractivity contribution in [2.24, 2.45) is 0 Å². The maximum atomic E-state index is 12.4. The van der Waals surface area contributed by atoms with Crippen LogP contribution in [0, 0.1) is 0 Å². The Labute approximate surface area is 82.8 Å². The summed E-state index contributed by atoms with van der Waals surface area (Å²) in [5, 5.41) is 17.9. The predicted octanol–water partition coefficient (Wildman–Crippen LogP) is 2.32. The predicted molar refractivity (Wildman–Crippen MR) is 44.8 cm³/mol. The van der Waals surface area contributed by atoms with E-state index in [2.05, 4.69) is 0 Å². The third-order valence-corrected chi connectivity index (χ3v) is 1.80. The fourth-order valence-corrected chi connectivity index (χ4v) is 1.10. The molecule has 0 radical (unpaired) electrons. The highest BCUT2D eigenvalue weighted by Crippen LogP contribution is 2.38. The second kappa shape index (κ2) is 3.45. The molecule has 1 aromatic carbocycles. The maximum absolute atomic E-state index is 12.4. The minimum atomic E-state index is -4.74. The molecule has 0 aromatic heterocycles. The number of hydrogen-bond donors (Lipinski definition) is 2. The van der Waals surface area contributed by atoms with Crippen LogP contribution in [-0.2, 0) is 6.18 Å². The molecule has 1 rings (SSSR count). The van der Waals surface area contributed by atoms with E-state index in [1.807, 2.05) is 0 Å². The van der Waals surface area contributed by atoms with Gasteiger partial charge in [0.1, 0.15) is 0 Å². The van der Waals surface area contributed by atoms with Crippen LogP contribution in [0.25, 0.3) is 0 Å². The first-order valence-corrected chi connectivity index (χ1v) is 3.87. The van der Waals surface area contributed by atoms with Crippen LogP contribution in [0.15, 0.2) is 12.1 Å². The zero-order valence-electron chi connectivity index (χ0n) is 7.59. The number of hydrogen-bond acceptors (Lipinski definition) is 3. The van der Waals surface area contributed by atoms with Crippen molar-refractivity contribution in [2.45, 2.75) is 13.1 Å². The van der Waals surface area contributed by atoms with Crippen LogP contribution in [0.2, 0.25) is 0 Å². The van der Waals surface area contributed by atoms with Gasteiger partial charge >= 0.3 is 6.18 Å². The van der Waals surface area contributed by atoms with Crippen molar-refractivity contribution in [2.75, 3.05) is 0 Å². The molecule has 0 bridgehead atoms. The number of carbonyl (C=O) groups is 1. The summed E-state index contributed by atoms with van der Waals surface area (Å²) < 4.78 is 37.1. The molecule has 0 saturated carbocycles. The fraction of sp³-hybridized carbons (Fsp3) is 0.222. The van der Waals surface area contributed by atoms with Gasteiger partial charge in [0.15, 0.2) is 17.3 Å². The number of benzene rings is 1. The Hall–Kier alpha value is -1.72. The molecule has 0 aliphatic carbocycles. The number of aromatic hydroxyl groups is 2. The van der Waals surface area contributed by atoms with Crippen LogP contribution in [0.4, 0.5) is 13.2 Å². The summed E-state index contributed by atoms with van der Waals surface area (Å²) in [6.07, 6.45) is -4.74. The molecule has 0 aliphatic rings. The number of ketones is 1. The van der Waals surface area contributed by atoms with E-state index in [1.54, 1.807) is 0 Å². The first-order valence-electron chi connectivity index (χ1n) is 3.87. The Kier molecular flexibility index (Phi) is 2.61. The van der Waals surface area contributed by atoms with E-state index in [0.29, 0.717) is 12.1 Å². The van der Waals surface area contributed by atoms with Gasteiger partial charge in [0.25, 0.3) is 0 Å². The van der Waals surface area contributed by atoms with E-state index in [-0.39, 0.29) is 0 Å². The maximum Gasteiger partial charge on any atom is 0.417 e. The van der Waals surface area contributed by atoms with Crippen LogP contribution < -0.4 is 0 Å². The lowest BCUT2D eigenvalue weighted by molar-refractivity contribution is -0.138. The summed E-state index contributed by atoms with van der Waals surface area (Å²) in [5.74, 6) is -2.50. The lowest BCUT2D eigenvalue weighted by Gasteiger charge is -2.11. The van der Waals surface area contributed by atoms with E-state index >= 15 is 0 Å². The van der Waals surface area contributed by atoms with Gasteiger partial charge in [0, 0.05) is 5.56 Å². The topological polar surface area (TPSA) is 57.5 Å². The highest BCUT2D eigenvalue weighted by molar-refractivity contribution is 5.96. The summed E-state index contributed by atoms with van der Waals surface area (Å²) in [7, 11) is 0. The Balaban J connectivity index is 3.49. The molecular weight excluding hydrogens is 213 g/mol. The quantitative estimate of drug-likeness (QED) is 0.564. The van der Waals surface area contributed by atoms with Crippen molar-refractivity contribution in [1.29, 1.82) is 0 Å². The molecule has 0 saturated heterocycles. The lowest BCUT2D eigenvalue weighted by Crippen LogP contribution is -2.11. The number of phenols is 2. The van der Waals surface area contributed by atoms with Crippen LogP contribution in [0.1, 0.15) is 22.8 Å². The number of carbonyl (C=O) groups excluding carboxylic acids is 1. The third-order valence-electron chi connectivity index (χ3n) is 1.80. The van der Waals surface area contributed by atoms with Gasteiger partial charge in [-0.25, -0.2) is 0 Å². The lowest BCUT2D eigenvalue weighted by atomic mass is 10.0. The van der Waals surface area contributed by atoms with Crippen molar-refractivity contribution >= 4 is 5.78 Å². The van der Waals surface area contributed by atoms with E-state index in [1.165, 1.54) is 0 Å². The summed E-state index contributed by atoms with van der Waals surface area (Å²) in [6.45, 7) is 0.945. The van der Waals surface area contributed by atoms with Crippen LogP contribution in [0.5, 0.6) is 11.5 Å². The standard InChI is InChI=1S/C9H7F3O3/c1-4(13)5-2-7(14)8(15)3-6(5)9(10,11)12/h2-3,14-15H,1H3. The Morgan fingerprint density at radius 1 is 1.20 bits per heavy atom. The van der Waals surface area contributed by atoms with Gasteiger partial charge in [-0.3, -0.25) is 4.79 Å². The number of alkyl halides is 3. The van der Waals surface area contributed by atoms with Gasteiger partial charge in [0.2, 0.25) is 0 Å². The normalized spacial score (nSPS) is 11.5. The smallest absolute Gasteiger partial charge is 0.417 e. The number of phenolic OH excluding ortho intramolecular Hbond substituents is 2. The second-order valence-corrected chi connectivity index (χ2v) is 2.94. The molecule has 0 atom stereocenters. The molecule has 2 N–H and O–H groups in total. The van der Waals surface area contributed by atoms with Crippen LogP contribution in [0.3, 0.4) is 0 Å². The number of halogens is 3. The van der Waals surface area contributed by atoms with E-state index in [0.717, 1.165) is 6.92 Å².